The number of pyridine rings is 1. The minimum absolute atomic E-state index is 0.0529. The summed E-state index contributed by atoms with van der Waals surface area (Å²) in [5, 5.41) is 5.61. The Bertz CT molecular complexity index is 593. The van der Waals surface area contributed by atoms with Crippen molar-refractivity contribution in [2.24, 2.45) is 5.73 Å². The lowest BCUT2D eigenvalue weighted by Gasteiger charge is -2.38. The van der Waals surface area contributed by atoms with Crippen molar-refractivity contribution in [1.29, 1.82) is 0 Å². The van der Waals surface area contributed by atoms with Gasteiger partial charge in [-0.05, 0) is 42.8 Å². The molecule has 100 valence electrons. The Hall–Kier alpha value is -1.81. The predicted molar refractivity (Wildman–Crippen MR) is 77.6 cm³/mol. The number of rotatable bonds is 4. The van der Waals surface area contributed by atoms with Crippen LogP contribution < -0.4 is 15.8 Å². The molecule has 0 unspecified atom stereocenters. The van der Waals surface area contributed by atoms with E-state index in [9.17, 15) is 0 Å². The van der Waals surface area contributed by atoms with E-state index >= 15 is 0 Å². The van der Waals surface area contributed by atoms with Gasteiger partial charge >= 0.3 is 0 Å². The SMILES string of the molecule is COc1ccc2ccnc(NCC3(N)CCC3)c2c1. The number of fused-ring (bicyclic) bond motifs is 1. The van der Waals surface area contributed by atoms with Crippen LogP contribution in [-0.2, 0) is 0 Å². The molecule has 1 aliphatic rings. The van der Waals surface area contributed by atoms with Crippen molar-refractivity contribution in [2.45, 2.75) is 24.8 Å². The second-order valence-electron chi connectivity index (χ2n) is 5.32. The number of hydrogen-bond donors (Lipinski definition) is 2. The molecule has 4 heteroatoms. The molecule has 1 heterocycles. The van der Waals surface area contributed by atoms with Crippen molar-refractivity contribution in [3.63, 3.8) is 0 Å². The Kier molecular flexibility index (Phi) is 3.03. The van der Waals surface area contributed by atoms with Gasteiger partial charge in [-0.15, -0.1) is 0 Å². The summed E-state index contributed by atoms with van der Waals surface area (Å²) in [5.41, 5.74) is 6.18. The van der Waals surface area contributed by atoms with Gasteiger partial charge in [0.15, 0.2) is 0 Å². The fourth-order valence-electron chi connectivity index (χ4n) is 2.48. The molecule has 0 radical (unpaired) electrons. The minimum Gasteiger partial charge on any atom is -0.497 e. The zero-order valence-corrected chi connectivity index (χ0v) is 11.1. The molecule has 19 heavy (non-hydrogen) atoms. The fourth-order valence-corrected chi connectivity index (χ4v) is 2.48. The third-order valence-corrected chi connectivity index (χ3v) is 3.93. The Balaban J connectivity index is 1.89. The number of hydrogen-bond acceptors (Lipinski definition) is 4. The summed E-state index contributed by atoms with van der Waals surface area (Å²) in [6.07, 6.45) is 5.23. The Labute approximate surface area is 113 Å². The van der Waals surface area contributed by atoms with Crippen molar-refractivity contribution in [1.82, 2.24) is 4.98 Å². The average molecular weight is 257 g/mol. The van der Waals surface area contributed by atoms with E-state index in [1.165, 1.54) is 6.42 Å². The molecule has 4 nitrogen and oxygen atoms in total. The second kappa shape index (κ2) is 4.70. The summed E-state index contributed by atoms with van der Waals surface area (Å²) in [4.78, 5) is 4.42. The summed E-state index contributed by atoms with van der Waals surface area (Å²) in [6, 6.07) is 8.02. The lowest BCUT2D eigenvalue weighted by atomic mass is 9.78. The standard InChI is InChI=1S/C15H19N3O/c1-19-12-4-3-11-5-8-17-14(13(11)9-12)18-10-15(16)6-2-7-15/h3-5,8-9H,2,6-7,10,16H2,1H3,(H,17,18). The van der Waals surface area contributed by atoms with Crippen molar-refractivity contribution >= 4 is 16.6 Å². The maximum absolute atomic E-state index is 6.24. The molecule has 1 fully saturated rings. The predicted octanol–water partition coefficient (Wildman–Crippen LogP) is 2.54. The van der Waals surface area contributed by atoms with Gasteiger partial charge in [0.25, 0.3) is 0 Å². The number of benzene rings is 1. The fraction of sp³-hybridized carbons (Fsp3) is 0.400. The van der Waals surface area contributed by atoms with Gasteiger partial charge in [-0.25, -0.2) is 4.98 Å². The van der Waals surface area contributed by atoms with Crippen molar-refractivity contribution in [3.05, 3.63) is 30.5 Å². The number of aromatic nitrogens is 1. The highest BCUT2D eigenvalue weighted by atomic mass is 16.5. The Morgan fingerprint density at radius 2 is 2.21 bits per heavy atom. The quantitative estimate of drug-likeness (QED) is 0.883. The molecule has 1 saturated carbocycles. The monoisotopic (exact) mass is 257 g/mol. The topological polar surface area (TPSA) is 60.2 Å². The molecule has 2 aromatic rings. The zero-order chi connectivity index (χ0) is 13.3. The van der Waals surface area contributed by atoms with Crippen molar-refractivity contribution in [3.8, 4) is 5.75 Å². The van der Waals surface area contributed by atoms with Gasteiger partial charge < -0.3 is 15.8 Å². The number of nitrogens with zero attached hydrogens (tertiary/aromatic N) is 1. The third-order valence-electron chi connectivity index (χ3n) is 3.93. The van der Waals surface area contributed by atoms with Crippen LogP contribution in [0.25, 0.3) is 10.8 Å². The molecule has 0 bridgehead atoms. The lowest BCUT2D eigenvalue weighted by Crippen LogP contribution is -2.52. The summed E-state index contributed by atoms with van der Waals surface area (Å²) >= 11 is 0. The van der Waals surface area contributed by atoms with Crippen LogP contribution in [0.4, 0.5) is 5.82 Å². The van der Waals surface area contributed by atoms with Crippen molar-refractivity contribution in [2.75, 3.05) is 19.0 Å². The molecule has 0 saturated heterocycles. The lowest BCUT2D eigenvalue weighted by molar-refractivity contribution is 0.265. The molecule has 1 aliphatic carbocycles. The minimum atomic E-state index is -0.0529. The van der Waals surface area contributed by atoms with Gasteiger partial charge in [0.05, 0.1) is 7.11 Å². The van der Waals surface area contributed by atoms with Gasteiger partial charge in [0, 0.05) is 23.7 Å². The highest BCUT2D eigenvalue weighted by Gasteiger charge is 2.32. The van der Waals surface area contributed by atoms with Crippen molar-refractivity contribution < 1.29 is 4.74 Å². The number of nitrogens with one attached hydrogen (secondary N) is 1. The van der Waals surface area contributed by atoms with Gasteiger partial charge in [-0.3, -0.25) is 0 Å². The van der Waals surface area contributed by atoms with Gasteiger partial charge in [0.1, 0.15) is 11.6 Å². The van der Waals surface area contributed by atoms with Gasteiger partial charge in [-0.1, -0.05) is 6.07 Å². The zero-order valence-electron chi connectivity index (χ0n) is 11.1. The molecule has 3 N–H and O–H groups in total. The van der Waals surface area contributed by atoms with E-state index in [0.29, 0.717) is 0 Å². The van der Waals surface area contributed by atoms with E-state index in [2.05, 4.69) is 10.3 Å². The summed E-state index contributed by atoms with van der Waals surface area (Å²) in [6.45, 7) is 0.774. The number of nitrogens with two attached hydrogens (primary N) is 1. The first kappa shape index (κ1) is 12.2. The highest BCUT2D eigenvalue weighted by Crippen LogP contribution is 2.30. The molecule has 0 atom stereocenters. The first-order valence-corrected chi connectivity index (χ1v) is 6.66. The molecular formula is C15H19N3O. The van der Waals surface area contributed by atoms with Crippen LogP contribution in [-0.4, -0.2) is 24.2 Å². The molecular weight excluding hydrogens is 238 g/mol. The van der Waals surface area contributed by atoms with Gasteiger partial charge in [0.2, 0.25) is 0 Å². The van der Waals surface area contributed by atoms with Crippen LogP contribution >= 0.6 is 0 Å². The second-order valence-corrected chi connectivity index (χ2v) is 5.32. The van der Waals surface area contributed by atoms with E-state index in [0.717, 1.165) is 41.7 Å². The van der Waals surface area contributed by atoms with Gasteiger partial charge in [-0.2, -0.15) is 0 Å². The summed E-state index contributed by atoms with van der Waals surface area (Å²) in [5.74, 6) is 1.72. The molecule has 0 amide bonds. The first-order valence-electron chi connectivity index (χ1n) is 6.66. The average Bonchev–Trinajstić information content (AvgIpc) is 2.42. The Morgan fingerprint density at radius 3 is 2.89 bits per heavy atom. The van der Waals surface area contributed by atoms with E-state index in [1.54, 1.807) is 7.11 Å². The summed E-state index contributed by atoms with van der Waals surface area (Å²) < 4.78 is 5.27. The van der Waals surface area contributed by atoms with E-state index in [-0.39, 0.29) is 5.54 Å². The van der Waals surface area contributed by atoms with Crippen LogP contribution in [0.1, 0.15) is 19.3 Å². The number of anilines is 1. The normalized spacial score (nSPS) is 16.9. The van der Waals surface area contributed by atoms with E-state index in [1.807, 2.05) is 30.5 Å². The first-order chi connectivity index (χ1) is 9.20. The maximum atomic E-state index is 6.24. The third kappa shape index (κ3) is 2.36. The largest absolute Gasteiger partial charge is 0.497 e. The van der Waals surface area contributed by atoms with Crippen LogP contribution in [0.3, 0.4) is 0 Å². The molecule has 3 rings (SSSR count). The summed E-state index contributed by atoms with van der Waals surface area (Å²) in [7, 11) is 1.67. The van der Waals surface area contributed by atoms with E-state index < -0.39 is 0 Å². The highest BCUT2D eigenvalue weighted by molar-refractivity contribution is 5.92. The molecule has 0 aliphatic heterocycles. The van der Waals surface area contributed by atoms with Crippen LogP contribution in [0.2, 0.25) is 0 Å². The molecule has 1 aromatic carbocycles. The number of methoxy groups -OCH3 is 1. The Morgan fingerprint density at radius 1 is 1.37 bits per heavy atom. The smallest absolute Gasteiger partial charge is 0.134 e. The number of ether oxygens (including phenoxy) is 1. The van der Waals surface area contributed by atoms with E-state index in [4.69, 9.17) is 10.5 Å². The maximum Gasteiger partial charge on any atom is 0.134 e. The molecule has 0 spiro atoms. The van der Waals surface area contributed by atoms with Crippen LogP contribution in [0.15, 0.2) is 30.5 Å². The van der Waals surface area contributed by atoms with Crippen LogP contribution in [0, 0.1) is 0 Å². The molecule has 1 aromatic heterocycles. The van der Waals surface area contributed by atoms with Crippen LogP contribution in [0.5, 0.6) is 5.75 Å².